The quantitative estimate of drug-likeness (QED) is 0.670. The number of H-pyrrole nitrogens is 1. The molecule has 12 heavy (non-hydrogen) atoms. The molecule has 0 aliphatic carbocycles. The maximum absolute atomic E-state index is 8.70. The number of rotatable bonds is 0. The summed E-state index contributed by atoms with van der Waals surface area (Å²) in [6.07, 6.45) is 4.79. The Balaban J connectivity index is 2.95. The van der Waals surface area contributed by atoms with Crippen LogP contribution < -0.4 is 0 Å². The van der Waals surface area contributed by atoms with Gasteiger partial charge in [0.2, 0.25) is 0 Å². The van der Waals surface area contributed by atoms with Gasteiger partial charge in [0.15, 0.2) is 0 Å². The molecule has 2 aromatic rings. The summed E-state index contributed by atoms with van der Waals surface area (Å²) in [5.41, 5.74) is 1.34. The summed E-state index contributed by atoms with van der Waals surface area (Å²) < 4.78 is 0. The van der Waals surface area contributed by atoms with Gasteiger partial charge in [0.1, 0.15) is 6.07 Å². The molecular formula is C8H4ClN3. The van der Waals surface area contributed by atoms with E-state index in [0.29, 0.717) is 10.6 Å². The molecule has 0 fully saturated rings. The lowest BCUT2D eigenvalue weighted by atomic mass is 10.2. The van der Waals surface area contributed by atoms with Crippen molar-refractivity contribution in [3.8, 4) is 6.07 Å². The molecule has 0 aliphatic rings. The molecule has 1 N–H and O–H groups in total. The van der Waals surface area contributed by atoms with Crippen LogP contribution in [0, 0.1) is 11.3 Å². The van der Waals surface area contributed by atoms with Crippen LogP contribution in [-0.2, 0) is 0 Å². The Kier molecular flexibility index (Phi) is 1.49. The predicted molar refractivity (Wildman–Crippen MR) is 45.8 cm³/mol. The molecule has 0 amide bonds. The Labute approximate surface area is 73.6 Å². The standard InChI is InChI=1S/C8H4ClN3/c9-6-3-11-4-7-8(6)5(1-10)2-12-7/h2-4,12H. The van der Waals surface area contributed by atoms with E-state index in [9.17, 15) is 0 Å². The average Bonchev–Trinajstić information content (AvgIpc) is 2.49. The van der Waals surface area contributed by atoms with E-state index in [1.165, 1.54) is 6.20 Å². The molecule has 58 valence electrons. The van der Waals surface area contributed by atoms with Crippen LogP contribution in [0.15, 0.2) is 18.6 Å². The van der Waals surface area contributed by atoms with Gasteiger partial charge in [-0.2, -0.15) is 5.26 Å². The first-order chi connectivity index (χ1) is 5.83. The van der Waals surface area contributed by atoms with E-state index in [4.69, 9.17) is 16.9 Å². The van der Waals surface area contributed by atoms with Crippen LogP contribution in [0.5, 0.6) is 0 Å². The highest BCUT2D eigenvalue weighted by molar-refractivity contribution is 6.35. The first-order valence-corrected chi connectivity index (χ1v) is 3.71. The fourth-order valence-electron chi connectivity index (χ4n) is 1.13. The second-order valence-electron chi connectivity index (χ2n) is 2.36. The van der Waals surface area contributed by atoms with Crippen LogP contribution in [0.4, 0.5) is 0 Å². The van der Waals surface area contributed by atoms with E-state index in [1.807, 2.05) is 6.07 Å². The first kappa shape index (κ1) is 7.14. The van der Waals surface area contributed by atoms with E-state index in [2.05, 4.69) is 9.97 Å². The van der Waals surface area contributed by atoms with Gasteiger partial charge in [0.05, 0.1) is 22.3 Å². The summed E-state index contributed by atoms with van der Waals surface area (Å²) in [4.78, 5) is 6.80. The van der Waals surface area contributed by atoms with Crippen molar-refractivity contribution < 1.29 is 0 Å². The summed E-state index contributed by atoms with van der Waals surface area (Å²) in [5.74, 6) is 0. The van der Waals surface area contributed by atoms with E-state index >= 15 is 0 Å². The molecular weight excluding hydrogens is 174 g/mol. The number of aromatic amines is 1. The van der Waals surface area contributed by atoms with Crippen LogP contribution in [0.2, 0.25) is 5.02 Å². The van der Waals surface area contributed by atoms with Crippen molar-refractivity contribution >= 4 is 22.5 Å². The van der Waals surface area contributed by atoms with Gasteiger partial charge in [-0.15, -0.1) is 0 Å². The summed E-state index contributed by atoms with van der Waals surface area (Å²) in [7, 11) is 0. The number of halogens is 1. The monoisotopic (exact) mass is 177 g/mol. The Morgan fingerprint density at radius 2 is 2.33 bits per heavy atom. The number of pyridine rings is 1. The number of fused-ring (bicyclic) bond motifs is 1. The van der Waals surface area contributed by atoms with Crippen molar-refractivity contribution in [2.45, 2.75) is 0 Å². The molecule has 0 unspecified atom stereocenters. The van der Waals surface area contributed by atoms with Crippen molar-refractivity contribution in [1.29, 1.82) is 5.26 Å². The van der Waals surface area contributed by atoms with Crippen molar-refractivity contribution in [1.82, 2.24) is 9.97 Å². The zero-order chi connectivity index (χ0) is 8.55. The SMILES string of the molecule is N#Cc1c[nH]c2cncc(Cl)c12. The highest BCUT2D eigenvalue weighted by Gasteiger charge is 2.05. The Morgan fingerprint density at radius 3 is 3.08 bits per heavy atom. The Bertz CT molecular complexity index is 467. The lowest BCUT2D eigenvalue weighted by Gasteiger charge is -1.91. The average molecular weight is 178 g/mol. The molecule has 0 atom stereocenters. The fraction of sp³-hybridized carbons (Fsp3) is 0. The molecule has 4 heteroatoms. The molecule has 2 aromatic heterocycles. The molecule has 3 nitrogen and oxygen atoms in total. The topological polar surface area (TPSA) is 52.5 Å². The van der Waals surface area contributed by atoms with E-state index in [0.717, 1.165) is 10.9 Å². The third-order valence-corrected chi connectivity index (χ3v) is 1.95. The van der Waals surface area contributed by atoms with Gasteiger partial charge in [0, 0.05) is 17.8 Å². The molecule has 0 aromatic carbocycles. The van der Waals surface area contributed by atoms with E-state index in [1.54, 1.807) is 12.4 Å². The first-order valence-electron chi connectivity index (χ1n) is 3.33. The Morgan fingerprint density at radius 1 is 1.50 bits per heavy atom. The lowest BCUT2D eigenvalue weighted by Crippen LogP contribution is -1.75. The van der Waals surface area contributed by atoms with Gasteiger partial charge < -0.3 is 4.98 Å². The third kappa shape index (κ3) is 0.858. The maximum Gasteiger partial charge on any atom is 0.101 e. The van der Waals surface area contributed by atoms with Crippen LogP contribution in [0.25, 0.3) is 10.9 Å². The van der Waals surface area contributed by atoms with Gasteiger partial charge in [0.25, 0.3) is 0 Å². The lowest BCUT2D eigenvalue weighted by molar-refractivity contribution is 1.34. The van der Waals surface area contributed by atoms with Crippen LogP contribution >= 0.6 is 11.6 Å². The molecule has 2 rings (SSSR count). The summed E-state index contributed by atoms with van der Waals surface area (Å²) >= 11 is 5.85. The van der Waals surface area contributed by atoms with E-state index in [-0.39, 0.29) is 0 Å². The van der Waals surface area contributed by atoms with Crippen LogP contribution in [0.3, 0.4) is 0 Å². The highest BCUT2D eigenvalue weighted by atomic mass is 35.5. The summed E-state index contributed by atoms with van der Waals surface area (Å²) in [6, 6.07) is 2.05. The number of hydrogen-bond acceptors (Lipinski definition) is 2. The second kappa shape index (κ2) is 2.50. The third-order valence-electron chi connectivity index (χ3n) is 1.66. The normalized spacial score (nSPS) is 10.0. The van der Waals surface area contributed by atoms with Crippen molar-refractivity contribution in [2.75, 3.05) is 0 Å². The predicted octanol–water partition coefficient (Wildman–Crippen LogP) is 2.09. The molecule has 0 spiro atoms. The number of nitrogens with zero attached hydrogens (tertiary/aromatic N) is 2. The van der Waals surface area contributed by atoms with Crippen LogP contribution in [0.1, 0.15) is 5.56 Å². The largest absolute Gasteiger partial charge is 0.359 e. The fourth-order valence-corrected chi connectivity index (χ4v) is 1.39. The van der Waals surface area contributed by atoms with Crippen molar-refractivity contribution in [3.05, 3.63) is 29.2 Å². The van der Waals surface area contributed by atoms with E-state index < -0.39 is 0 Å². The van der Waals surface area contributed by atoms with Gasteiger partial charge in [-0.25, -0.2) is 0 Å². The second-order valence-corrected chi connectivity index (χ2v) is 2.77. The number of hydrogen-bond donors (Lipinski definition) is 1. The van der Waals surface area contributed by atoms with Gasteiger partial charge >= 0.3 is 0 Å². The zero-order valence-electron chi connectivity index (χ0n) is 6.00. The molecule has 0 saturated heterocycles. The minimum absolute atomic E-state index is 0.505. The Hall–Kier alpha value is -1.53. The molecule has 0 saturated carbocycles. The molecule has 0 aliphatic heterocycles. The minimum atomic E-state index is 0.505. The molecule has 0 radical (unpaired) electrons. The zero-order valence-corrected chi connectivity index (χ0v) is 6.76. The molecule has 2 heterocycles. The number of nitrogens with one attached hydrogen (secondary N) is 1. The highest BCUT2D eigenvalue weighted by Crippen LogP contribution is 2.24. The van der Waals surface area contributed by atoms with Gasteiger partial charge in [-0.3, -0.25) is 4.98 Å². The van der Waals surface area contributed by atoms with Crippen LogP contribution in [-0.4, -0.2) is 9.97 Å². The number of aromatic nitrogens is 2. The smallest absolute Gasteiger partial charge is 0.101 e. The van der Waals surface area contributed by atoms with Crippen molar-refractivity contribution in [3.63, 3.8) is 0 Å². The summed E-state index contributed by atoms with van der Waals surface area (Å²) in [5, 5.41) is 9.95. The van der Waals surface area contributed by atoms with Gasteiger partial charge in [-0.1, -0.05) is 11.6 Å². The summed E-state index contributed by atoms with van der Waals surface area (Å²) in [6.45, 7) is 0. The number of nitriles is 1. The van der Waals surface area contributed by atoms with Gasteiger partial charge in [-0.05, 0) is 0 Å². The maximum atomic E-state index is 8.70. The molecule has 0 bridgehead atoms. The minimum Gasteiger partial charge on any atom is -0.359 e. The van der Waals surface area contributed by atoms with Crippen molar-refractivity contribution in [2.24, 2.45) is 0 Å².